The zero-order valence-electron chi connectivity index (χ0n) is 12.7. The van der Waals surface area contributed by atoms with E-state index in [2.05, 4.69) is 16.8 Å². The van der Waals surface area contributed by atoms with Gasteiger partial charge in [0, 0.05) is 22.9 Å². The van der Waals surface area contributed by atoms with E-state index in [1.165, 1.54) is 0 Å². The zero-order chi connectivity index (χ0) is 15.8. The van der Waals surface area contributed by atoms with Crippen molar-refractivity contribution < 1.29 is 4.79 Å². The van der Waals surface area contributed by atoms with Crippen LogP contribution in [-0.2, 0) is 0 Å². The monoisotopic (exact) mass is 287 g/mol. The van der Waals surface area contributed by atoms with Gasteiger partial charge in [0.15, 0.2) is 5.78 Å². The number of hydrogen-bond donors (Lipinski definition) is 0. The van der Waals surface area contributed by atoms with Crippen LogP contribution in [-0.4, -0.2) is 11.5 Å². The molecule has 0 aliphatic carbocycles. The van der Waals surface area contributed by atoms with Crippen molar-refractivity contribution in [1.29, 1.82) is 0 Å². The Morgan fingerprint density at radius 2 is 1.55 bits per heavy atom. The molecule has 0 saturated carbocycles. The first kappa shape index (κ1) is 15.5. The second-order valence-electron chi connectivity index (χ2n) is 4.84. The van der Waals surface area contributed by atoms with Crippen LogP contribution in [0.25, 0.3) is 0 Å². The molecule has 22 heavy (non-hydrogen) atoms. The molecule has 2 heteroatoms. The predicted molar refractivity (Wildman–Crippen MR) is 91.0 cm³/mol. The van der Waals surface area contributed by atoms with E-state index in [0.29, 0.717) is 16.8 Å². The molecule has 2 rings (SSSR count). The van der Waals surface area contributed by atoms with Gasteiger partial charge in [-0.15, -0.1) is 0 Å². The number of carbonyl (C=O) groups excluding carboxylic acids is 1. The molecule has 0 saturated heterocycles. The average Bonchev–Trinajstić information content (AvgIpc) is 2.58. The molecule has 0 aromatic heterocycles. The Kier molecular flexibility index (Phi) is 5.45. The lowest BCUT2D eigenvalue weighted by Crippen LogP contribution is -2.00. The van der Waals surface area contributed by atoms with Crippen LogP contribution in [0.1, 0.15) is 29.8 Å². The van der Waals surface area contributed by atoms with Crippen molar-refractivity contribution in [2.75, 3.05) is 0 Å². The molecule has 0 spiro atoms. The van der Waals surface area contributed by atoms with Crippen LogP contribution < -0.4 is 0 Å². The van der Waals surface area contributed by atoms with Gasteiger partial charge in [-0.25, -0.2) is 0 Å². The molecule has 108 valence electrons. The lowest BCUT2D eigenvalue weighted by Gasteiger charge is -1.99. The summed E-state index contributed by atoms with van der Waals surface area (Å²) in [6.45, 7) is 3.59. The first-order valence-corrected chi connectivity index (χ1v) is 7.05. The predicted octanol–water partition coefficient (Wildman–Crippen LogP) is 4.29. The number of benzene rings is 2. The number of hydrogen-bond acceptors (Lipinski definition) is 2. The van der Waals surface area contributed by atoms with Crippen molar-refractivity contribution in [2.24, 2.45) is 4.99 Å². The molecule has 0 radical (unpaired) electrons. The first-order valence-electron chi connectivity index (χ1n) is 7.05. The van der Waals surface area contributed by atoms with Crippen LogP contribution in [0.2, 0.25) is 0 Å². The highest BCUT2D eigenvalue weighted by molar-refractivity contribution is 6.08. The molecule has 2 aromatic carbocycles. The number of allylic oxidation sites excluding steroid dienone is 1. The molecule has 0 amide bonds. The Morgan fingerprint density at radius 3 is 2.18 bits per heavy atom. The molecular formula is C20H17NO. The smallest absolute Gasteiger partial charge is 0.190 e. The van der Waals surface area contributed by atoms with E-state index < -0.39 is 0 Å². The van der Waals surface area contributed by atoms with Crippen LogP contribution in [0, 0.1) is 11.8 Å². The summed E-state index contributed by atoms with van der Waals surface area (Å²) in [5, 5.41) is 0. The van der Waals surface area contributed by atoms with E-state index in [1.54, 1.807) is 25.3 Å². The summed E-state index contributed by atoms with van der Waals surface area (Å²) >= 11 is 0. The molecule has 0 heterocycles. The van der Waals surface area contributed by atoms with Gasteiger partial charge in [0.1, 0.15) is 0 Å². The van der Waals surface area contributed by atoms with Gasteiger partial charge in [0.05, 0.1) is 5.71 Å². The third-order valence-electron chi connectivity index (χ3n) is 3.01. The summed E-state index contributed by atoms with van der Waals surface area (Å²) < 4.78 is 0. The van der Waals surface area contributed by atoms with Gasteiger partial charge in [0.2, 0.25) is 0 Å². The van der Waals surface area contributed by atoms with E-state index in [9.17, 15) is 4.79 Å². The standard InChI is InChI=1S/C20H17NO/c1-16(20(22)19-11-7-4-8-12-19)15-21-17(2)13-14-18-9-5-3-6-10-18/h3-12,15H,1-2H3/b16-15+,21-17?. The van der Waals surface area contributed by atoms with Gasteiger partial charge < -0.3 is 0 Å². The Morgan fingerprint density at radius 1 is 0.955 bits per heavy atom. The summed E-state index contributed by atoms with van der Waals surface area (Å²) in [5.74, 6) is 5.99. The van der Waals surface area contributed by atoms with Crippen molar-refractivity contribution in [1.82, 2.24) is 0 Å². The minimum Gasteiger partial charge on any atom is -0.289 e. The fraction of sp³-hybridized carbons (Fsp3) is 0.100. The lowest BCUT2D eigenvalue weighted by atomic mass is 10.1. The molecule has 0 unspecified atom stereocenters. The van der Waals surface area contributed by atoms with E-state index in [-0.39, 0.29) is 5.78 Å². The maximum atomic E-state index is 12.2. The Labute approximate surface area is 131 Å². The summed E-state index contributed by atoms with van der Waals surface area (Å²) in [6, 6.07) is 18.9. The third kappa shape index (κ3) is 4.57. The van der Waals surface area contributed by atoms with Crippen molar-refractivity contribution in [3.05, 3.63) is 83.6 Å². The Balaban J connectivity index is 2.09. The molecule has 0 aliphatic heterocycles. The topological polar surface area (TPSA) is 29.4 Å². The van der Waals surface area contributed by atoms with E-state index in [1.807, 2.05) is 55.5 Å². The number of nitrogens with zero attached hydrogens (tertiary/aromatic N) is 1. The quantitative estimate of drug-likeness (QED) is 0.358. The first-order chi connectivity index (χ1) is 10.7. The minimum absolute atomic E-state index is 0.0202. The maximum Gasteiger partial charge on any atom is 0.190 e. The van der Waals surface area contributed by atoms with Gasteiger partial charge >= 0.3 is 0 Å². The number of Topliss-reactive ketones (excluding diaryl/α,β-unsaturated/α-hetero) is 1. The number of ketones is 1. The third-order valence-corrected chi connectivity index (χ3v) is 3.01. The summed E-state index contributed by atoms with van der Waals surface area (Å²) in [5.41, 5.74) is 2.87. The van der Waals surface area contributed by atoms with Crippen molar-refractivity contribution >= 4 is 11.5 Å². The maximum absolute atomic E-state index is 12.2. The van der Waals surface area contributed by atoms with Crippen LogP contribution in [0.15, 0.2) is 77.4 Å². The normalized spacial score (nSPS) is 11.5. The molecule has 0 fully saturated rings. The molecule has 2 aromatic rings. The van der Waals surface area contributed by atoms with Crippen LogP contribution in [0.4, 0.5) is 0 Å². The zero-order valence-corrected chi connectivity index (χ0v) is 12.7. The fourth-order valence-corrected chi connectivity index (χ4v) is 1.79. The summed E-state index contributed by atoms with van der Waals surface area (Å²) in [4.78, 5) is 16.4. The summed E-state index contributed by atoms with van der Waals surface area (Å²) in [6.07, 6.45) is 1.57. The molecular weight excluding hydrogens is 270 g/mol. The molecule has 0 aliphatic rings. The average molecular weight is 287 g/mol. The molecule has 0 bridgehead atoms. The van der Waals surface area contributed by atoms with Crippen LogP contribution >= 0.6 is 0 Å². The highest BCUT2D eigenvalue weighted by Gasteiger charge is 2.06. The number of carbonyl (C=O) groups is 1. The number of rotatable bonds is 3. The van der Waals surface area contributed by atoms with Crippen molar-refractivity contribution in [2.45, 2.75) is 13.8 Å². The van der Waals surface area contributed by atoms with E-state index >= 15 is 0 Å². The van der Waals surface area contributed by atoms with Gasteiger partial charge in [0.25, 0.3) is 0 Å². The second kappa shape index (κ2) is 7.75. The van der Waals surface area contributed by atoms with E-state index in [4.69, 9.17) is 0 Å². The van der Waals surface area contributed by atoms with E-state index in [0.717, 1.165) is 5.56 Å². The molecule has 0 N–H and O–H groups in total. The van der Waals surface area contributed by atoms with Crippen molar-refractivity contribution in [3.8, 4) is 11.8 Å². The van der Waals surface area contributed by atoms with Crippen LogP contribution in [0.3, 0.4) is 0 Å². The highest BCUT2D eigenvalue weighted by Crippen LogP contribution is 2.07. The van der Waals surface area contributed by atoms with Crippen molar-refractivity contribution in [3.63, 3.8) is 0 Å². The highest BCUT2D eigenvalue weighted by atomic mass is 16.1. The van der Waals surface area contributed by atoms with Gasteiger partial charge in [-0.05, 0) is 31.9 Å². The SMILES string of the molecule is CC(C#Cc1ccccc1)=N/C=C(\C)C(=O)c1ccccc1. The fourth-order valence-electron chi connectivity index (χ4n) is 1.79. The second-order valence-corrected chi connectivity index (χ2v) is 4.84. The van der Waals surface area contributed by atoms with Crippen LogP contribution in [0.5, 0.6) is 0 Å². The lowest BCUT2D eigenvalue weighted by molar-refractivity contribution is 0.103. The molecule has 0 atom stereocenters. The number of aliphatic imine (C=N–C) groups is 1. The largest absolute Gasteiger partial charge is 0.289 e. The van der Waals surface area contributed by atoms with Gasteiger partial charge in [-0.1, -0.05) is 54.5 Å². The Hall–Kier alpha value is -2.92. The molecule has 2 nitrogen and oxygen atoms in total. The minimum atomic E-state index is -0.0202. The van der Waals surface area contributed by atoms with Gasteiger partial charge in [-0.3, -0.25) is 9.79 Å². The van der Waals surface area contributed by atoms with Gasteiger partial charge in [-0.2, -0.15) is 0 Å². The summed E-state index contributed by atoms with van der Waals surface area (Å²) in [7, 11) is 0. The Bertz CT molecular complexity index is 760.